The van der Waals surface area contributed by atoms with Crippen LogP contribution in [0.25, 0.3) is 11.0 Å². The number of nitrogens with one attached hydrogen (secondary N) is 1. The molecular formula is C17H16ClN3O2. The Morgan fingerprint density at radius 1 is 1.30 bits per heavy atom. The molecule has 0 bridgehead atoms. The van der Waals surface area contributed by atoms with E-state index in [-0.39, 0.29) is 5.91 Å². The Balaban J connectivity index is 1.93. The largest absolute Gasteiger partial charge is 0.493 e. The number of ether oxygens (including phenoxy) is 1. The lowest BCUT2D eigenvalue weighted by molar-refractivity contribution is 0.102. The molecule has 3 rings (SSSR count). The molecule has 0 saturated carbocycles. The summed E-state index contributed by atoms with van der Waals surface area (Å²) in [5.74, 6) is 1.10. The lowest BCUT2D eigenvalue weighted by Gasteiger charge is -2.11. The summed E-state index contributed by atoms with van der Waals surface area (Å²) >= 11 is 6.07. The number of benzene rings is 2. The molecule has 0 radical (unpaired) electrons. The second kappa shape index (κ2) is 5.93. The standard InChI is InChI=1S/C17H16ClN3O2/c1-10-19-14-9-11(7-8-15(14)21(10)2)17(22)20-13-6-4-5-12(18)16(13)23-3/h4-9H,1-3H3,(H,20,22). The molecule has 0 unspecified atom stereocenters. The molecule has 0 aliphatic rings. The van der Waals surface area contributed by atoms with Crippen molar-refractivity contribution in [2.24, 2.45) is 7.05 Å². The molecule has 1 heterocycles. The first-order valence-electron chi connectivity index (χ1n) is 7.08. The molecule has 0 aliphatic carbocycles. The van der Waals surface area contributed by atoms with Crippen molar-refractivity contribution in [2.75, 3.05) is 12.4 Å². The average Bonchev–Trinajstić information content (AvgIpc) is 2.82. The van der Waals surface area contributed by atoms with E-state index < -0.39 is 0 Å². The Morgan fingerprint density at radius 3 is 2.83 bits per heavy atom. The van der Waals surface area contributed by atoms with Crippen LogP contribution in [-0.2, 0) is 7.05 Å². The van der Waals surface area contributed by atoms with Gasteiger partial charge in [0.1, 0.15) is 5.82 Å². The number of amides is 1. The second-order valence-electron chi connectivity index (χ2n) is 5.20. The molecule has 5 nitrogen and oxygen atoms in total. The summed E-state index contributed by atoms with van der Waals surface area (Å²) in [5.41, 5.74) is 2.83. The van der Waals surface area contributed by atoms with E-state index in [1.54, 1.807) is 30.3 Å². The van der Waals surface area contributed by atoms with Crippen LogP contribution >= 0.6 is 11.6 Å². The predicted octanol–water partition coefficient (Wildman–Crippen LogP) is 3.80. The molecular weight excluding hydrogens is 314 g/mol. The predicted molar refractivity (Wildman–Crippen MR) is 91.4 cm³/mol. The maximum atomic E-state index is 12.5. The summed E-state index contributed by atoms with van der Waals surface area (Å²) < 4.78 is 7.22. The van der Waals surface area contributed by atoms with Gasteiger partial charge >= 0.3 is 0 Å². The molecule has 2 aromatic carbocycles. The number of aromatic nitrogens is 2. The number of anilines is 1. The first-order chi connectivity index (χ1) is 11.0. The smallest absolute Gasteiger partial charge is 0.255 e. The summed E-state index contributed by atoms with van der Waals surface area (Å²) in [6.07, 6.45) is 0. The molecule has 1 amide bonds. The quantitative estimate of drug-likeness (QED) is 0.795. The van der Waals surface area contributed by atoms with Crippen LogP contribution in [0.3, 0.4) is 0 Å². The van der Waals surface area contributed by atoms with Gasteiger partial charge in [-0.1, -0.05) is 17.7 Å². The minimum Gasteiger partial charge on any atom is -0.493 e. The summed E-state index contributed by atoms with van der Waals surface area (Å²) in [7, 11) is 3.46. The van der Waals surface area contributed by atoms with Crippen molar-refractivity contribution in [1.29, 1.82) is 0 Å². The van der Waals surface area contributed by atoms with Gasteiger partial charge in [0.15, 0.2) is 5.75 Å². The van der Waals surface area contributed by atoms with Crippen molar-refractivity contribution in [3.05, 3.63) is 52.8 Å². The van der Waals surface area contributed by atoms with Gasteiger partial charge in [0.25, 0.3) is 5.91 Å². The van der Waals surface area contributed by atoms with Crippen LogP contribution in [0.15, 0.2) is 36.4 Å². The lowest BCUT2D eigenvalue weighted by Crippen LogP contribution is -2.12. The maximum absolute atomic E-state index is 12.5. The fourth-order valence-corrected chi connectivity index (χ4v) is 2.72. The van der Waals surface area contributed by atoms with Crippen molar-refractivity contribution < 1.29 is 9.53 Å². The Morgan fingerprint density at radius 2 is 2.09 bits per heavy atom. The average molecular weight is 330 g/mol. The minimum absolute atomic E-state index is 0.240. The van der Waals surface area contributed by atoms with Crippen molar-refractivity contribution in [2.45, 2.75) is 6.92 Å². The van der Waals surface area contributed by atoms with E-state index >= 15 is 0 Å². The zero-order valence-corrected chi connectivity index (χ0v) is 13.8. The molecule has 1 aromatic heterocycles. The highest BCUT2D eigenvalue weighted by Gasteiger charge is 2.13. The number of hydrogen-bond acceptors (Lipinski definition) is 3. The van der Waals surface area contributed by atoms with Crippen LogP contribution in [0.5, 0.6) is 5.75 Å². The monoisotopic (exact) mass is 329 g/mol. The first kappa shape index (κ1) is 15.4. The molecule has 0 aliphatic heterocycles. The van der Waals surface area contributed by atoms with Gasteiger partial charge in [0, 0.05) is 12.6 Å². The Labute approximate surface area is 138 Å². The van der Waals surface area contributed by atoms with E-state index in [4.69, 9.17) is 16.3 Å². The van der Waals surface area contributed by atoms with Gasteiger partial charge in [-0.2, -0.15) is 0 Å². The van der Waals surface area contributed by atoms with Crippen molar-refractivity contribution in [1.82, 2.24) is 9.55 Å². The van der Waals surface area contributed by atoms with Crippen LogP contribution in [0, 0.1) is 6.92 Å². The van der Waals surface area contributed by atoms with Gasteiger partial charge in [0.2, 0.25) is 0 Å². The molecule has 3 aromatic rings. The number of para-hydroxylation sites is 1. The third kappa shape index (κ3) is 2.75. The van der Waals surface area contributed by atoms with E-state index in [1.807, 2.05) is 24.6 Å². The van der Waals surface area contributed by atoms with E-state index in [0.29, 0.717) is 22.0 Å². The zero-order valence-electron chi connectivity index (χ0n) is 13.1. The van der Waals surface area contributed by atoms with Gasteiger partial charge in [-0.15, -0.1) is 0 Å². The van der Waals surface area contributed by atoms with E-state index in [1.165, 1.54) is 7.11 Å². The number of hydrogen-bond donors (Lipinski definition) is 1. The normalized spacial score (nSPS) is 10.8. The summed E-state index contributed by atoms with van der Waals surface area (Å²) in [6.45, 7) is 1.93. The zero-order chi connectivity index (χ0) is 16.6. The number of nitrogens with zero attached hydrogens (tertiary/aromatic N) is 2. The highest BCUT2D eigenvalue weighted by atomic mass is 35.5. The van der Waals surface area contributed by atoms with E-state index in [0.717, 1.165) is 16.9 Å². The number of rotatable bonds is 3. The topological polar surface area (TPSA) is 56.1 Å². The third-order valence-electron chi connectivity index (χ3n) is 3.79. The van der Waals surface area contributed by atoms with Gasteiger partial charge < -0.3 is 14.6 Å². The summed E-state index contributed by atoms with van der Waals surface area (Å²) in [5, 5.41) is 3.27. The van der Waals surface area contributed by atoms with Gasteiger partial charge in [-0.05, 0) is 37.3 Å². The van der Waals surface area contributed by atoms with Crippen LogP contribution < -0.4 is 10.1 Å². The highest BCUT2D eigenvalue weighted by Crippen LogP contribution is 2.32. The number of methoxy groups -OCH3 is 1. The molecule has 0 spiro atoms. The van der Waals surface area contributed by atoms with Crippen molar-refractivity contribution in [3.8, 4) is 5.75 Å². The number of imidazole rings is 1. The SMILES string of the molecule is COc1c(Cl)cccc1NC(=O)c1ccc2c(c1)nc(C)n2C. The van der Waals surface area contributed by atoms with Crippen molar-refractivity contribution >= 4 is 34.2 Å². The third-order valence-corrected chi connectivity index (χ3v) is 4.08. The van der Waals surface area contributed by atoms with E-state index in [2.05, 4.69) is 10.3 Å². The van der Waals surface area contributed by atoms with Crippen LogP contribution in [0.1, 0.15) is 16.2 Å². The molecule has 6 heteroatoms. The van der Waals surface area contributed by atoms with E-state index in [9.17, 15) is 4.79 Å². The summed E-state index contributed by atoms with van der Waals surface area (Å²) in [4.78, 5) is 16.9. The molecule has 23 heavy (non-hydrogen) atoms. The second-order valence-corrected chi connectivity index (χ2v) is 5.60. The number of carbonyl (C=O) groups excluding carboxylic acids is 1. The van der Waals surface area contributed by atoms with Gasteiger partial charge in [0.05, 0.1) is 28.9 Å². The molecule has 0 fully saturated rings. The number of halogens is 1. The first-order valence-corrected chi connectivity index (χ1v) is 7.46. The van der Waals surface area contributed by atoms with Crippen LogP contribution in [-0.4, -0.2) is 22.6 Å². The highest BCUT2D eigenvalue weighted by molar-refractivity contribution is 6.32. The Bertz CT molecular complexity index is 902. The Hall–Kier alpha value is -2.53. The lowest BCUT2D eigenvalue weighted by atomic mass is 10.1. The minimum atomic E-state index is -0.240. The van der Waals surface area contributed by atoms with Crippen molar-refractivity contribution in [3.63, 3.8) is 0 Å². The summed E-state index contributed by atoms with van der Waals surface area (Å²) in [6, 6.07) is 10.6. The number of aryl methyl sites for hydroxylation is 2. The Kier molecular flexibility index (Phi) is 3.96. The van der Waals surface area contributed by atoms with Gasteiger partial charge in [-0.25, -0.2) is 4.98 Å². The molecule has 118 valence electrons. The molecule has 1 N–H and O–H groups in total. The molecule has 0 atom stereocenters. The molecule has 0 saturated heterocycles. The van der Waals surface area contributed by atoms with Gasteiger partial charge in [-0.3, -0.25) is 4.79 Å². The maximum Gasteiger partial charge on any atom is 0.255 e. The number of carbonyl (C=O) groups is 1. The fourth-order valence-electron chi connectivity index (χ4n) is 2.47. The fraction of sp³-hybridized carbons (Fsp3) is 0.176. The number of fused-ring (bicyclic) bond motifs is 1. The van der Waals surface area contributed by atoms with Crippen LogP contribution in [0.2, 0.25) is 5.02 Å². The van der Waals surface area contributed by atoms with Crippen LogP contribution in [0.4, 0.5) is 5.69 Å².